The molecule has 1 saturated heterocycles. The number of carbonyl (C=O) groups is 1. The number of hydrogen-bond acceptors (Lipinski definition) is 5. The molecule has 7 nitrogen and oxygen atoms in total. The van der Waals surface area contributed by atoms with Crippen molar-refractivity contribution in [3.05, 3.63) is 46.8 Å². The Morgan fingerprint density at radius 2 is 1.75 bits per heavy atom. The molecule has 1 unspecified atom stereocenters. The number of aromatic nitrogens is 1. The summed E-state index contributed by atoms with van der Waals surface area (Å²) >= 11 is 0. The van der Waals surface area contributed by atoms with E-state index < -0.39 is 10.0 Å². The highest BCUT2D eigenvalue weighted by molar-refractivity contribution is 7.89. The van der Waals surface area contributed by atoms with E-state index in [9.17, 15) is 13.2 Å². The molecule has 3 rings (SSSR count). The highest BCUT2D eigenvalue weighted by Crippen LogP contribution is 2.24. The Bertz CT molecular complexity index is 923. The lowest BCUT2D eigenvalue weighted by Gasteiger charge is -2.34. The van der Waals surface area contributed by atoms with Crippen molar-refractivity contribution in [3.63, 3.8) is 0 Å². The molecule has 1 aliphatic rings. The first kappa shape index (κ1) is 20.5. The molecule has 1 aliphatic heterocycles. The molecule has 2 aromatic rings. The summed E-state index contributed by atoms with van der Waals surface area (Å²) in [5, 5.41) is 3.82. The highest BCUT2D eigenvalue weighted by Gasteiger charge is 2.32. The molecule has 1 atom stereocenters. The van der Waals surface area contributed by atoms with Gasteiger partial charge in [0.1, 0.15) is 11.3 Å². The smallest absolute Gasteiger partial charge is 0.259 e. The number of carbonyl (C=O) groups excluding carboxylic acids is 1. The number of nitrogens with zero attached hydrogens (tertiary/aromatic N) is 3. The molecule has 1 aromatic carbocycles. The van der Waals surface area contributed by atoms with Gasteiger partial charge >= 0.3 is 0 Å². The van der Waals surface area contributed by atoms with Gasteiger partial charge in [0, 0.05) is 26.2 Å². The predicted octanol–water partition coefficient (Wildman–Crippen LogP) is 2.95. The minimum absolute atomic E-state index is 0.161. The zero-order valence-corrected chi connectivity index (χ0v) is 17.6. The zero-order valence-electron chi connectivity index (χ0n) is 16.8. The quantitative estimate of drug-likeness (QED) is 0.764. The Morgan fingerprint density at radius 1 is 1.14 bits per heavy atom. The molecule has 0 spiro atoms. The molecular weight excluding hydrogens is 378 g/mol. The predicted molar refractivity (Wildman–Crippen MR) is 106 cm³/mol. The van der Waals surface area contributed by atoms with Gasteiger partial charge in [0.25, 0.3) is 5.91 Å². The van der Waals surface area contributed by atoms with Crippen LogP contribution in [0.2, 0.25) is 0 Å². The summed E-state index contributed by atoms with van der Waals surface area (Å²) in [6.45, 7) is 8.89. The molecule has 0 saturated carbocycles. The second-order valence-corrected chi connectivity index (χ2v) is 9.21. The summed E-state index contributed by atoms with van der Waals surface area (Å²) in [7, 11) is -3.57. The Balaban J connectivity index is 1.69. The third-order valence-corrected chi connectivity index (χ3v) is 7.39. The van der Waals surface area contributed by atoms with Crippen LogP contribution in [0.15, 0.2) is 33.7 Å². The normalized spacial score (nSPS) is 16.9. The van der Waals surface area contributed by atoms with E-state index in [2.05, 4.69) is 19.0 Å². The molecule has 1 amide bonds. The fourth-order valence-corrected chi connectivity index (χ4v) is 4.85. The van der Waals surface area contributed by atoms with Crippen molar-refractivity contribution in [2.24, 2.45) is 0 Å². The van der Waals surface area contributed by atoms with E-state index in [-0.39, 0.29) is 19.0 Å². The molecule has 0 radical (unpaired) electrons. The maximum atomic E-state index is 12.9. The number of sulfonamides is 1. The van der Waals surface area contributed by atoms with Crippen molar-refractivity contribution in [1.29, 1.82) is 0 Å². The van der Waals surface area contributed by atoms with Gasteiger partial charge in [-0.3, -0.25) is 4.79 Å². The van der Waals surface area contributed by atoms with Crippen molar-refractivity contribution in [1.82, 2.24) is 14.4 Å². The van der Waals surface area contributed by atoms with E-state index >= 15 is 0 Å². The first-order chi connectivity index (χ1) is 13.3. The average Bonchev–Trinajstić information content (AvgIpc) is 3.05. The van der Waals surface area contributed by atoms with Crippen LogP contribution in [0.1, 0.15) is 53.6 Å². The van der Waals surface area contributed by atoms with Gasteiger partial charge in [-0.15, -0.1) is 0 Å². The summed E-state index contributed by atoms with van der Waals surface area (Å²) in [6, 6.07) is 7.13. The minimum atomic E-state index is -3.57. The van der Waals surface area contributed by atoms with Gasteiger partial charge in [-0.05, 0) is 43.9 Å². The first-order valence-electron chi connectivity index (χ1n) is 9.58. The number of aryl methyl sites for hydroxylation is 2. The summed E-state index contributed by atoms with van der Waals surface area (Å²) in [5.74, 6) is 0.723. The van der Waals surface area contributed by atoms with E-state index in [0.717, 1.165) is 12.0 Å². The van der Waals surface area contributed by atoms with Gasteiger partial charge in [0.15, 0.2) is 0 Å². The molecule has 152 valence electrons. The van der Waals surface area contributed by atoms with Crippen molar-refractivity contribution in [2.45, 2.75) is 44.9 Å². The minimum Gasteiger partial charge on any atom is -0.361 e. The molecule has 0 bridgehead atoms. The van der Waals surface area contributed by atoms with Gasteiger partial charge in [-0.2, -0.15) is 4.31 Å². The highest BCUT2D eigenvalue weighted by atomic mass is 32.2. The molecule has 8 heteroatoms. The van der Waals surface area contributed by atoms with Crippen LogP contribution in [0.4, 0.5) is 0 Å². The van der Waals surface area contributed by atoms with E-state index in [0.29, 0.717) is 40.9 Å². The summed E-state index contributed by atoms with van der Waals surface area (Å²) < 4.78 is 32.4. The summed E-state index contributed by atoms with van der Waals surface area (Å²) in [6.07, 6.45) is 1.01. The number of piperazine rings is 1. The second kappa shape index (κ2) is 8.05. The lowest BCUT2D eigenvalue weighted by atomic mass is 9.99. The Hall–Kier alpha value is -2.19. The monoisotopic (exact) mass is 405 g/mol. The van der Waals surface area contributed by atoms with Gasteiger partial charge in [-0.25, -0.2) is 8.42 Å². The molecule has 0 N–H and O–H groups in total. The van der Waals surface area contributed by atoms with E-state index in [4.69, 9.17) is 4.52 Å². The van der Waals surface area contributed by atoms with Crippen molar-refractivity contribution in [2.75, 3.05) is 26.2 Å². The van der Waals surface area contributed by atoms with Crippen LogP contribution in [0, 0.1) is 13.8 Å². The van der Waals surface area contributed by atoms with E-state index in [1.165, 1.54) is 4.31 Å². The Labute approximate surface area is 166 Å². The average molecular weight is 406 g/mol. The van der Waals surface area contributed by atoms with Crippen LogP contribution in [0.3, 0.4) is 0 Å². The maximum absolute atomic E-state index is 12.9. The lowest BCUT2D eigenvalue weighted by Crippen LogP contribution is -2.50. The van der Waals surface area contributed by atoms with Crippen LogP contribution in [0.5, 0.6) is 0 Å². The molecule has 28 heavy (non-hydrogen) atoms. The Morgan fingerprint density at radius 3 is 2.25 bits per heavy atom. The molecule has 1 fully saturated rings. The third kappa shape index (κ3) is 3.84. The van der Waals surface area contributed by atoms with Crippen LogP contribution >= 0.6 is 0 Å². The van der Waals surface area contributed by atoms with Gasteiger partial charge < -0.3 is 9.42 Å². The van der Waals surface area contributed by atoms with E-state index in [1.807, 2.05) is 12.1 Å². The number of rotatable bonds is 5. The second-order valence-electron chi connectivity index (χ2n) is 7.27. The van der Waals surface area contributed by atoms with Crippen LogP contribution in [-0.4, -0.2) is 54.9 Å². The molecular formula is C20H27N3O4S. The van der Waals surface area contributed by atoms with Crippen LogP contribution in [0.25, 0.3) is 0 Å². The standard InChI is InChI=1S/C20H27N3O4S/c1-5-14(2)17-6-8-18(9-7-17)28(25,26)23-12-10-22(11-13-23)20(24)19-15(3)21-27-16(19)4/h6-9,14H,5,10-13H2,1-4H3. The molecule has 1 aromatic heterocycles. The molecule has 0 aliphatic carbocycles. The largest absolute Gasteiger partial charge is 0.361 e. The third-order valence-electron chi connectivity index (χ3n) is 5.47. The number of hydrogen-bond donors (Lipinski definition) is 0. The zero-order chi connectivity index (χ0) is 20.5. The lowest BCUT2D eigenvalue weighted by molar-refractivity contribution is 0.0695. The summed E-state index contributed by atoms with van der Waals surface area (Å²) in [4.78, 5) is 14.7. The van der Waals surface area contributed by atoms with Crippen LogP contribution < -0.4 is 0 Å². The van der Waals surface area contributed by atoms with Crippen LogP contribution in [-0.2, 0) is 10.0 Å². The van der Waals surface area contributed by atoms with Crippen molar-refractivity contribution in [3.8, 4) is 0 Å². The number of amides is 1. The van der Waals surface area contributed by atoms with Crippen molar-refractivity contribution < 1.29 is 17.7 Å². The first-order valence-corrected chi connectivity index (χ1v) is 11.0. The fourth-order valence-electron chi connectivity index (χ4n) is 3.43. The summed E-state index contributed by atoms with van der Waals surface area (Å²) in [5.41, 5.74) is 2.16. The SMILES string of the molecule is CCC(C)c1ccc(S(=O)(=O)N2CCN(C(=O)c3c(C)noc3C)CC2)cc1. The van der Waals surface area contributed by atoms with Crippen molar-refractivity contribution >= 4 is 15.9 Å². The topological polar surface area (TPSA) is 83.7 Å². The maximum Gasteiger partial charge on any atom is 0.259 e. The van der Waals surface area contributed by atoms with E-state index in [1.54, 1.807) is 30.9 Å². The van der Waals surface area contributed by atoms with Gasteiger partial charge in [-0.1, -0.05) is 31.1 Å². The number of benzene rings is 1. The van der Waals surface area contributed by atoms with Gasteiger partial charge in [0.2, 0.25) is 10.0 Å². The molecule has 2 heterocycles. The fraction of sp³-hybridized carbons (Fsp3) is 0.500. The Kier molecular flexibility index (Phi) is 5.90. The van der Waals surface area contributed by atoms with Gasteiger partial charge in [0.05, 0.1) is 10.6 Å².